The number of aliphatic hydroxyl groups is 2. The third-order valence-corrected chi connectivity index (χ3v) is 1.39. The van der Waals surface area contributed by atoms with Crippen molar-refractivity contribution in [2.75, 3.05) is 18.9 Å². The largest absolute Gasteiger partial charge is 0.475 e. The predicted molar refractivity (Wildman–Crippen MR) is 47.2 cm³/mol. The van der Waals surface area contributed by atoms with Crippen molar-refractivity contribution in [1.29, 1.82) is 0 Å². The zero-order valence-electron chi connectivity index (χ0n) is 7.05. The van der Waals surface area contributed by atoms with E-state index in [0.29, 0.717) is 11.6 Å². The molecule has 0 aliphatic carbocycles. The van der Waals surface area contributed by atoms with Crippen LogP contribution >= 0.6 is 0 Å². The number of aromatic nitrogens is 1. The molecule has 0 saturated carbocycles. The van der Waals surface area contributed by atoms with Gasteiger partial charge in [-0.15, -0.1) is 0 Å². The van der Waals surface area contributed by atoms with Crippen LogP contribution in [0.4, 0.5) is 5.69 Å². The summed E-state index contributed by atoms with van der Waals surface area (Å²) in [5, 5.41) is 17.4. The highest BCUT2D eigenvalue weighted by molar-refractivity contribution is 5.35. The fourth-order valence-electron chi connectivity index (χ4n) is 0.711. The van der Waals surface area contributed by atoms with E-state index in [1.165, 1.54) is 6.20 Å². The topological polar surface area (TPSA) is 88.6 Å². The lowest BCUT2D eigenvalue weighted by molar-refractivity contribution is 0.0521. The normalized spacial score (nSPS) is 12.5. The van der Waals surface area contributed by atoms with Gasteiger partial charge in [-0.2, -0.15) is 0 Å². The minimum atomic E-state index is -0.876. The van der Waals surface area contributed by atoms with Gasteiger partial charge in [0.2, 0.25) is 5.88 Å². The first-order valence-electron chi connectivity index (χ1n) is 3.85. The van der Waals surface area contributed by atoms with Crippen LogP contribution in [0.15, 0.2) is 18.3 Å². The number of hydrogen-bond donors (Lipinski definition) is 3. The van der Waals surface area contributed by atoms with E-state index in [0.717, 1.165) is 0 Å². The molecule has 1 atom stereocenters. The summed E-state index contributed by atoms with van der Waals surface area (Å²) in [6, 6.07) is 3.24. The van der Waals surface area contributed by atoms with Crippen LogP contribution in [0.1, 0.15) is 0 Å². The summed E-state index contributed by atoms with van der Waals surface area (Å²) in [5.74, 6) is 0.377. The van der Waals surface area contributed by atoms with Crippen LogP contribution in [-0.2, 0) is 0 Å². The molecule has 0 fully saturated rings. The molecule has 0 spiro atoms. The van der Waals surface area contributed by atoms with Gasteiger partial charge in [-0.05, 0) is 6.07 Å². The van der Waals surface area contributed by atoms with Crippen molar-refractivity contribution in [3.05, 3.63) is 18.3 Å². The fraction of sp³-hybridized carbons (Fsp3) is 0.375. The molecule has 0 saturated heterocycles. The number of nitrogen functional groups attached to an aromatic ring is 1. The van der Waals surface area contributed by atoms with E-state index in [9.17, 15) is 0 Å². The Morgan fingerprint density at radius 3 is 2.85 bits per heavy atom. The zero-order chi connectivity index (χ0) is 9.68. The van der Waals surface area contributed by atoms with E-state index in [1.807, 2.05) is 0 Å². The van der Waals surface area contributed by atoms with Gasteiger partial charge in [-0.1, -0.05) is 0 Å². The van der Waals surface area contributed by atoms with Gasteiger partial charge in [0.05, 0.1) is 18.5 Å². The van der Waals surface area contributed by atoms with E-state index >= 15 is 0 Å². The minimum Gasteiger partial charge on any atom is -0.475 e. The predicted octanol–water partition coefficient (Wildman–Crippen LogP) is -0.604. The standard InChI is InChI=1S/C8H12N2O3/c9-6-1-2-8(10-3-6)13-5-7(12)4-11/h1-3,7,11-12H,4-5,9H2. The number of pyridine rings is 1. The molecule has 72 valence electrons. The molecule has 1 aromatic heterocycles. The van der Waals surface area contributed by atoms with Gasteiger partial charge < -0.3 is 20.7 Å². The van der Waals surface area contributed by atoms with Crippen LogP contribution in [0.3, 0.4) is 0 Å². The molecule has 0 aliphatic heterocycles. The third-order valence-electron chi connectivity index (χ3n) is 1.39. The maximum absolute atomic E-state index is 8.95. The van der Waals surface area contributed by atoms with E-state index in [4.69, 9.17) is 20.7 Å². The molecular formula is C8H12N2O3. The average Bonchev–Trinajstić information content (AvgIpc) is 2.16. The van der Waals surface area contributed by atoms with Gasteiger partial charge in [0.15, 0.2) is 0 Å². The van der Waals surface area contributed by atoms with Crippen LogP contribution in [0.5, 0.6) is 5.88 Å². The first-order chi connectivity index (χ1) is 6.22. The summed E-state index contributed by atoms with van der Waals surface area (Å²) in [4.78, 5) is 3.84. The van der Waals surface area contributed by atoms with E-state index in [2.05, 4.69) is 4.98 Å². The Morgan fingerprint density at radius 2 is 2.31 bits per heavy atom. The summed E-state index contributed by atoms with van der Waals surface area (Å²) in [5.41, 5.74) is 5.95. The molecule has 1 rings (SSSR count). The Labute approximate surface area is 75.8 Å². The molecule has 0 amide bonds. The van der Waals surface area contributed by atoms with Crippen molar-refractivity contribution < 1.29 is 14.9 Å². The van der Waals surface area contributed by atoms with Crippen LogP contribution in [0.25, 0.3) is 0 Å². The van der Waals surface area contributed by atoms with Gasteiger partial charge in [0.1, 0.15) is 12.7 Å². The highest BCUT2D eigenvalue weighted by Crippen LogP contribution is 2.08. The maximum Gasteiger partial charge on any atom is 0.213 e. The number of nitrogens with zero attached hydrogens (tertiary/aromatic N) is 1. The Morgan fingerprint density at radius 1 is 1.54 bits per heavy atom. The smallest absolute Gasteiger partial charge is 0.213 e. The first kappa shape index (κ1) is 9.76. The number of hydrogen-bond acceptors (Lipinski definition) is 5. The minimum absolute atomic E-state index is 0.0212. The molecule has 0 aliphatic rings. The molecule has 0 aromatic carbocycles. The van der Waals surface area contributed by atoms with Crippen LogP contribution in [0.2, 0.25) is 0 Å². The van der Waals surface area contributed by atoms with Gasteiger partial charge >= 0.3 is 0 Å². The molecule has 4 N–H and O–H groups in total. The highest BCUT2D eigenvalue weighted by Gasteiger charge is 2.02. The average molecular weight is 184 g/mol. The number of rotatable bonds is 4. The quantitative estimate of drug-likeness (QED) is 0.581. The molecule has 1 unspecified atom stereocenters. The molecule has 5 heteroatoms. The second kappa shape index (κ2) is 4.64. The van der Waals surface area contributed by atoms with Crippen LogP contribution in [-0.4, -0.2) is 34.5 Å². The molecule has 0 radical (unpaired) electrons. The van der Waals surface area contributed by atoms with Crippen molar-refractivity contribution in [3.63, 3.8) is 0 Å². The summed E-state index contributed by atoms with van der Waals surface area (Å²) in [6.45, 7) is -0.303. The Bertz CT molecular complexity index is 250. The van der Waals surface area contributed by atoms with Gasteiger partial charge in [0, 0.05) is 6.07 Å². The van der Waals surface area contributed by atoms with Crippen molar-refractivity contribution in [1.82, 2.24) is 4.98 Å². The van der Waals surface area contributed by atoms with E-state index in [-0.39, 0.29) is 13.2 Å². The summed E-state index contributed by atoms with van der Waals surface area (Å²) < 4.78 is 5.04. The third kappa shape index (κ3) is 3.27. The number of anilines is 1. The summed E-state index contributed by atoms with van der Waals surface area (Å²) >= 11 is 0. The molecule has 13 heavy (non-hydrogen) atoms. The second-order valence-corrected chi connectivity index (χ2v) is 2.58. The van der Waals surface area contributed by atoms with Gasteiger partial charge in [0.25, 0.3) is 0 Å². The number of nitrogens with two attached hydrogens (primary N) is 1. The SMILES string of the molecule is Nc1ccc(OCC(O)CO)nc1. The zero-order valence-corrected chi connectivity index (χ0v) is 7.05. The molecule has 5 nitrogen and oxygen atoms in total. The van der Waals surface area contributed by atoms with Crippen molar-refractivity contribution in [3.8, 4) is 5.88 Å². The molecule has 1 heterocycles. The Hall–Kier alpha value is -1.33. The lowest BCUT2D eigenvalue weighted by atomic mass is 10.4. The Kier molecular flexibility index (Phi) is 3.48. The lowest BCUT2D eigenvalue weighted by Crippen LogP contribution is -2.21. The number of aliphatic hydroxyl groups excluding tert-OH is 2. The fourth-order valence-corrected chi connectivity index (χ4v) is 0.711. The second-order valence-electron chi connectivity index (χ2n) is 2.58. The van der Waals surface area contributed by atoms with E-state index in [1.54, 1.807) is 12.1 Å². The van der Waals surface area contributed by atoms with Crippen molar-refractivity contribution >= 4 is 5.69 Å². The highest BCUT2D eigenvalue weighted by atomic mass is 16.5. The van der Waals surface area contributed by atoms with Crippen molar-refractivity contribution in [2.24, 2.45) is 0 Å². The maximum atomic E-state index is 8.95. The van der Waals surface area contributed by atoms with Crippen LogP contribution < -0.4 is 10.5 Å². The van der Waals surface area contributed by atoms with Gasteiger partial charge in [-0.25, -0.2) is 4.98 Å². The molecule has 0 bridgehead atoms. The lowest BCUT2D eigenvalue weighted by Gasteiger charge is -2.08. The Balaban J connectivity index is 2.41. The monoisotopic (exact) mass is 184 g/mol. The molecular weight excluding hydrogens is 172 g/mol. The van der Waals surface area contributed by atoms with Crippen molar-refractivity contribution in [2.45, 2.75) is 6.10 Å². The first-order valence-corrected chi connectivity index (χ1v) is 3.85. The molecule has 1 aromatic rings. The van der Waals surface area contributed by atoms with Gasteiger partial charge in [-0.3, -0.25) is 0 Å². The summed E-state index contributed by atoms with van der Waals surface area (Å²) in [6.07, 6.45) is 0.583. The van der Waals surface area contributed by atoms with Crippen LogP contribution in [0, 0.1) is 0 Å². The number of ether oxygens (including phenoxy) is 1. The summed E-state index contributed by atoms with van der Waals surface area (Å²) in [7, 11) is 0. The van der Waals surface area contributed by atoms with E-state index < -0.39 is 6.10 Å².